The second-order valence-electron chi connectivity index (χ2n) is 22.1. The molecule has 1 heterocycles. The molecular formula is C63H119NO10. The molecule has 436 valence electrons. The molecule has 0 aromatic carbocycles. The summed E-state index contributed by atoms with van der Waals surface area (Å²) in [7, 11) is 0. The molecule has 6 N–H and O–H groups in total. The highest BCUT2D eigenvalue weighted by atomic mass is 16.7. The highest BCUT2D eigenvalue weighted by molar-refractivity contribution is 5.76. The first-order valence-electron chi connectivity index (χ1n) is 31.6. The fourth-order valence-electron chi connectivity index (χ4n) is 10.0. The fraction of sp³-hybridized carbons (Fsp3) is 0.905. The van der Waals surface area contributed by atoms with Crippen molar-refractivity contribution in [3.63, 3.8) is 0 Å². The summed E-state index contributed by atoms with van der Waals surface area (Å²) in [5, 5.41) is 54.2. The molecule has 0 aromatic rings. The third kappa shape index (κ3) is 42.2. The van der Waals surface area contributed by atoms with E-state index in [0.717, 1.165) is 64.2 Å². The summed E-state index contributed by atoms with van der Waals surface area (Å²) >= 11 is 0. The summed E-state index contributed by atoms with van der Waals surface area (Å²) in [6.07, 6.45) is 54.4. The molecule has 7 atom stereocenters. The van der Waals surface area contributed by atoms with Gasteiger partial charge in [-0.15, -0.1) is 0 Å². The second kappa shape index (κ2) is 53.2. The lowest BCUT2D eigenvalue weighted by Crippen LogP contribution is -2.60. The van der Waals surface area contributed by atoms with Crippen LogP contribution in [0.1, 0.15) is 303 Å². The van der Waals surface area contributed by atoms with Gasteiger partial charge in [-0.05, 0) is 57.8 Å². The quantitative estimate of drug-likeness (QED) is 0.0195. The predicted molar refractivity (Wildman–Crippen MR) is 306 cm³/mol. The van der Waals surface area contributed by atoms with Crippen LogP contribution in [-0.2, 0) is 23.8 Å². The van der Waals surface area contributed by atoms with Gasteiger partial charge in [0.25, 0.3) is 0 Å². The molecule has 11 heteroatoms. The topological polar surface area (TPSA) is 175 Å². The number of carbonyl (C=O) groups excluding carboxylic acids is 2. The van der Waals surface area contributed by atoms with Crippen LogP contribution >= 0.6 is 0 Å². The van der Waals surface area contributed by atoms with Gasteiger partial charge in [0.2, 0.25) is 5.91 Å². The van der Waals surface area contributed by atoms with Gasteiger partial charge in [0.05, 0.1) is 32.0 Å². The summed E-state index contributed by atoms with van der Waals surface area (Å²) < 4.78 is 16.7. The molecule has 1 aliphatic rings. The van der Waals surface area contributed by atoms with E-state index in [2.05, 4.69) is 31.3 Å². The minimum Gasteiger partial charge on any atom is -0.466 e. The lowest BCUT2D eigenvalue weighted by atomic mass is 9.99. The monoisotopic (exact) mass is 1050 g/mol. The van der Waals surface area contributed by atoms with Gasteiger partial charge in [0.15, 0.2) is 6.29 Å². The molecule has 0 aliphatic carbocycles. The van der Waals surface area contributed by atoms with Crippen molar-refractivity contribution in [2.75, 3.05) is 19.8 Å². The van der Waals surface area contributed by atoms with Gasteiger partial charge < -0.3 is 45.1 Å². The van der Waals surface area contributed by atoms with E-state index in [-0.39, 0.29) is 18.5 Å². The molecule has 1 rings (SSSR count). The first kappa shape index (κ1) is 70.2. The van der Waals surface area contributed by atoms with Gasteiger partial charge in [-0.1, -0.05) is 256 Å². The molecule has 1 aliphatic heterocycles. The summed E-state index contributed by atoms with van der Waals surface area (Å²) in [5.74, 6) is -0.185. The number of aliphatic hydroxyl groups is 5. The molecule has 0 radical (unpaired) electrons. The zero-order valence-electron chi connectivity index (χ0n) is 48.1. The van der Waals surface area contributed by atoms with Crippen molar-refractivity contribution in [1.82, 2.24) is 5.32 Å². The largest absolute Gasteiger partial charge is 0.466 e. The van der Waals surface area contributed by atoms with Crippen LogP contribution in [0.2, 0.25) is 0 Å². The van der Waals surface area contributed by atoms with Crippen molar-refractivity contribution in [3.05, 3.63) is 24.3 Å². The van der Waals surface area contributed by atoms with Crippen molar-refractivity contribution in [2.45, 2.75) is 346 Å². The molecule has 0 saturated carbocycles. The third-order valence-corrected chi connectivity index (χ3v) is 15.1. The number of unbranched alkanes of at least 4 members (excludes halogenated alkanes) is 39. The highest BCUT2D eigenvalue weighted by Crippen LogP contribution is 2.23. The number of carbonyl (C=O) groups is 2. The first-order valence-corrected chi connectivity index (χ1v) is 31.6. The van der Waals surface area contributed by atoms with E-state index in [1.807, 2.05) is 6.08 Å². The standard InChI is InChI=1S/C63H119NO10/c1-3-5-7-9-11-13-14-27-31-35-39-43-47-51-59(68)72-52-48-44-40-36-32-29-26-24-22-20-18-16-15-17-19-21-23-25-28-30-34-38-42-46-50-58(67)64-55(56(66)49-45-41-37-33-12-10-8-6-4-2)54-73-63-62(71)61(70)60(69)57(53-65)74-63/h17,19,45,49,55-57,60-63,65-66,69-71H,3-16,18,20-44,46-48,50-54H2,1-2H3,(H,64,67)/b19-17-,49-45+. The van der Waals surface area contributed by atoms with Gasteiger partial charge in [0.1, 0.15) is 24.4 Å². The van der Waals surface area contributed by atoms with E-state index < -0.39 is 49.5 Å². The lowest BCUT2D eigenvalue weighted by molar-refractivity contribution is -0.302. The zero-order chi connectivity index (χ0) is 53.8. The van der Waals surface area contributed by atoms with Gasteiger partial charge in [-0.3, -0.25) is 9.59 Å². The first-order chi connectivity index (χ1) is 36.2. The maximum absolute atomic E-state index is 13.0. The Labute approximate surface area is 454 Å². The zero-order valence-corrected chi connectivity index (χ0v) is 48.1. The predicted octanol–water partition coefficient (Wildman–Crippen LogP) is 14.9. The van der Waals surface area contributed by atoms with Crippen molar-refractivity contribution in [2.24, 2.45) is 0 Å². The molecule has 1 amide bonds. The smallest absolute Gasteiger partial charge is 0.305 e. The maximum atomic E-state index is 13.0. The normalized spacial score (nSPS) is 18.9. The van der Waals surface area contributed by atoms with Crippen LogP contribution in [-0.4, -0.2) is 100 Å². The Morgan fingerprint density at radius 3 is 1.30 bits per heavy atom. The fourth-order valence-corrected chi connectivity index (χ4v) is 10.0. The second-order valence-corrected chi connectivity index (χ2v) is 22.1. The number of hydrogen-bond donors (Lipinski definition) is 6. The Kier molecular flexibility index (Phi) is 50.4. The van der Waals surface area contributed by atoms with E-state index in [0.29, 0.717) is 19.4 Å². The Hall–Kier alpha value is -1.86. The molecule has 11 nitrogen and oxygen atoms in total. The third-order valence-electron chi connectivity index (χ3n) is 15.1. The van der Waals surface area contributed by atoms with E-state index >= 15 is 0 Å². The lowest BCUT2D eigenvalue weighted by Gasteiger charge is -2.40. The van der Waals surface area contributed by atoms with Crippen molar-refractivity contribution < 1.29 is 49.3 Å². The van der Waals surface area contributed by atoms with Gasteiger partial charge in [0, 0.05) is 12.8 Å². The molecule has 0 spiro atoms. The van der Waals surface area contributed by atoms with Gasteiger partial charge in [-0.25, -0.2) is 0 Å². The molecule has 1 saturated heterocycles. The van der Waals surface area contributed by atoms with Gasteiger partial charge >= 0.3 is 5.97 Å². The number of allylic oxidation sites excluding steroid dienone is 3. The number of hydrogen-bond acceptors (Lipinski definition) is 10. The SMILES string of the molecule is CCCCCCCCC/C=C/C(O)C(COC1OC(CO)C(O)C(O)C1O)NC(=O)CCCCCCCCCC/C=C\CCCCCCCCCCCCCCOC(=O)CCCCCCCCCCCCCCC. The van der Waals surface area contributed by atoms with Crippen LogP contribution in [0.15, 0.2) is 24.3 Å². The average molecular weight is 1050 g/mol. The summed E-state index contributed by atoms with van der Waals surface area (Å²) in [6, 6.07) is -0.811. The maximum Gasteiger partial charge on any atom is 0.305 e. The molecular weight excluding hydrogens is 931 g/mol. The van der Waals surface area contributed by atoms with Crippen molar-refractivity contribution in [1.29, 1.82) is 0 Å². The van der Waals surface area contributed by atoms with E-state index in [4.69, 9.17) is 14.2 Å². The van der Waals surface area contributed by atoms with E-state index in [9.17, 15) is 35.1 Å². The van der Waals surface area contributed by atoms with Crippen LogP contribution < -0.4 is 5.32 Å². The summed E-state index contributed by atoms with van der Waals surface area (Å²) in [5.41, 5.74) is 0. The average Bonchev–Trinajstić information content (AvgIpc) is 3.40. The van der Waals surface area contributed by atoms with Crippen LogP contribution in [0.5, 0.6) is 0 Å². The summed E-state index contributed by atoms with van der Waals surface area (Å²) in [6.45, 7) is 4.33. The van der Waals surface area contributed by atoms with E-state index in [1.165, 1.54) is 212 Å². The number of nitrogens with one attached hydrogen (secondary N) is 1. The molecule has 0 aromatic heterocycles. The van der Waals surface area contributed by atoms with Crippen LogP contribution in [0, 0.1) is 0 Å². The minimum atomic E-state index is -1.57. The highest BCUT2D eigenvalue weighted by Gasteiger charge is 2.44. The Morgan fingerprint density at radius 1 is 0.486 bits per heavy atom. The van der Waals surface area contributed by atoms with Crippen molar-refractivity contribution in [3.8, 4) is 0 Å². The Morgan fingerprint density at radius 2 is 0.865 bits per heavy atom. The Bertz CT molecular complexity index is 1280. The van der Waals surface area contributed by atoms with E-state index in [1.54, 1.807) is 6.08 Å². The molecule has 7 unspecified atom stereocenters. The number of aliphatic hydroxyl groups excluding tert-OH is 5. The summed E-state index contributed by atoms with van der Waals surface area (Å²) in [4.78, 5) is 25.0. The number of ether oxygens (including phenoxy) is 3. The van der Waals surface area contributed by atoms with Gasteiger partial charge in [-0.2, -0.15) is 0 Å². The van der Waals surface area contributed by atoms with Crippen LogP contribution in [0.4, 0.5) is 0 Å². The number of esters is 1. The molecule has 1 fully saturated rings. The Balaban J connectivity index is 1.98. The minimum absolute atomic E-state index is 0.00303. The van der Waals surface area contributed by atoms with Crippen LogP contribution in [0.25, 0.3) is 0 Å². The van der Waals surface area contributed by atoms with Crippen LogP contribution in [0.3, 0.4) is 0 Å². The number of rotatable bonds is 55. The number of amides is 1. The van der Waals surface area contributed by atoms with Crippen molar-refractivity contribution >= 4 is 11.9 Å². The molecule has 0 bridgehead atoms. The molecule has 74 heavy (non-hydrogen) atoms.